The molecule has 86 valence electrons. The van der Waals surface area contributed by atoms with Crippen LogP contribution in [0.2, 0.25) is 0 Å². The van der Waals surface area contributed by atoms with Crippen LogP contribution in [0.3, 0.4) is 0 Å². The van der Waals surface area contributed by atoms with Crippen molar-refractivity contribution < 1.29 is 35.1 Å². The SMILES string of the molecule is FC(F)(Br)C(F)(F)C(F)(F)C(F)(F)Br. The monoisotopic (exact) mass is 358 g/mol. The summed E-state index contributed by atoms with van der Waals surface area (Å²) in [6.45, 7) is 0. The summed E-state index contributed by atoms with van der Waals surface area (Å²) in [5.74, 6) is -12.5. The second-order valence-corrected chi connectivity index (χ2v) is 4.14. The molecule has 0 N–H and O–H groups in total. The van der Waals surface area contributed by atoms with Gasteiger partial charge in [-0.15, -0.1) is 0 Å². The molecule has 0 bridgehead atoms. The van der Waals surface area contributed by atoms with Crippen LogP contribution in [0, 0.1) is 0 Å². The first kappa shape index (κ1) is 14.4. The van der Waals surface area contributed by atoms with E-state index < -0.39 is 21.5 Å². The highest BCUT2D eigenvalue weighted by Gasteiger charge is 2.79. The minimum absolute atomic E-state index is 0.911. The Morgan fingerprint density at radius 2 is 0.643 bits per heavy atom. The maximum atomic E-state index is 12.1. The second kappa shape index (κ2) is 3.46. The molecule has 0 rings (SSSR count). The van der Waals surface area contributed by atoms with Crippen molar-refractivity contribution in [3.05, 3.63) is 0 Å². The van der Waals surface area contributed by atoms with Gasteiger partial charge in [-0.2, -0.15) is 35.1 Å². The summed E-state index contributed by atoms with van der Waals surface area (Å²) >= 11 is 1.82. The quantitative estimate of drug-likeness (QED) is 0.522. The number of rotatable bonds is 3. The molecule has 0 unspecified atom stereocenters. The zero-order valence-corrected chi connectivity index (χ0v) is 8.95. The van der Waals surface area contributed by atoms with E-state index in [9.17, 15) is 35.1 Å². The van der Waals surface area contributed by atoms with Gasteiger partial charge in [-0.1, -0.05) is 0 Å². The molecular weight excluding hydrogens is 360 g/mol. The fourth-order valence-electron chi connectivity index (χ4n) is 0.356. The summed E-state index contributed by atoms with van der Waals surface area (Å²) in [4.78, 5) is -10.9. The van der Waals surface area contributed by atoms with Crippen molar-refractivity contribution >= 4 is 31.9 Å². The van der Waals surface area contributed by atoms with Gasteiger partial charge in [0.2, 0.25) is 0 Å². The van der Waals surface area contributed by atoms with E-state index in [1.165, 1.54) is 0 Å². The number of hydrogen-bond donors (Lipinski definition) is 0. The average Bonchev–Trinajstić information content (AvgIpc) is 1.81. The van der Waals surface area contributed by atoms with Gasteiger partial charge in [-0.3, -0.25) is 0 Å². The van der Waals surface area contributed by atoms with Gasteiger partial charge in [0, 0.05) is 0 Å². The lowest BCUT2D eigenvalue weighted by Gasteiger charge is -2.31. The Morgan fingerprint density at radius 1 is 0.500 bits per heavy atom. The maximum Gasteiger partial charge on any atom is 0.389 e. The van der Waals surface area contributed by atoms with Gasteiger partial charge >= 0.3 is 21.5 Å². The molecule has 0 aliphatic heterocycles. The third-order valence-electron chi connectivity index (χ3n) is 1.11. The molecule has 0 saturated heterocycles. The van der Waals surface area contributed by atoms with Crippen LogP contribution in [0.4, 0.5) is 35.1 Å². The fourth-order valence-corrected chi connectivity index (χ4v) is 0.854. The van der Waals surface area contributed by atoms with E-state index >= 15 is 0 Å². The van der Waals surface area contributed by atoms with E-state index in [1.807, 2.05) is 0 Å². The molecule has 0 nitrogen and oxygen atoms in total. The molecule has 0 radical (unpaired) electrons. The Kier molecular flexibility index (Phi) is 3.56. The van der Waals surface area contributed by atoms with Crippen LogP contribution in [0.1, 0.15) is 0 Å². The molecule has 0 saturated carbocycles. The molecule has 0 aromatic rings. The van der Waals surface area contributed by atoms with Crippen molar-refractivity contribution in [1.29, 1.82) is 0 Å². The molecule has 0 amide bonds. The number of halogens is 10. The van der Waals surface area contributed by atoms with Crippen molar-refractivity contribution in [2.45, 2.75) is 21.5 Å². The van der Waals surface area contributed by atoms with Crippen LogP contribution < -0.4 is 0 Å². The summed E-state index contributed by atoms with van der Waals surface area (Å²) < 4.78 is 96.0. The first-order valence-corrected chi connectivity index (χ1v) is 4.23. The first-order chi connectivity index (χ1) is 5.75. The molecule has 0 aliphatic rings. The number of alkyl halides is 10. The fraction of sp³-hybridized carbons (Fsp3) is 1.00. The van der Waals surface area contributed by atoms with Crippen molar-refractivity contribution in [2.75, 3.05) is 0 Å². The second-order valence-electron chi connectivity index (χ2n) is 2.14. The van der Waals surface area contributed by atoms with Crippen LogP contribution in [-0.2, 0) is 0 Å². The van der Waals surface area contributed by atoms with E-state index in [4.69, 9.17) is 0 Å². The lowest BCUT2D eigenvalue weighted by atomic mass is 10.2. The van der Waals surface area contributed by atoms with Gasteiger partial charge in [0.05, 0.1) is 0 Å². The Balaban J connectivity index is 5.30. The average molecular weight is 360 g/mol. The lowest BCUT2D eigenvalue weighted by molar-refractivity contribution is -0.318. The zero-order chi connectivity index (χ0) is 12.0. The molecule has 0 heterocycles. The molecule has 0 fully saturated rings. The van der Waals surface area contributed by atoms with E-state index in [2.05, 4.69) is 0 Å². The summed E-state index contributed by atoms with van der Waals surface area (Å²) in [6, 6.07) is 0. The minimum Gasteiger partial charge on any atom is -0.191 e. The third kappa shape index (κ3) is 2.15. The Hall–Kier alpha value is 0.400. The van der Waals surface area contributed by atoms with Gasteiger partial charge in [0.25, 0.3) is 0 Å². The van der Waals surface area contributed by atoms with Crippen LogP contribution in [0.5, 0.6) is 0 Å². The zero-order valence-electron chi connectivity index (χ0n) is 5.78. The maximum absolute atomic E-state index is 12.1. The van der Waals surface area contributed by atoms with Crippen molar-refractivity contribution in [1.82, 2.24) is 0 Å². The molecule has 0 aliphatic carbocycles. The van der Waals surface area contributed by atoms with Crippen LogP contribution in [0.25, 0.3) is 0 Å². The van der Waals surface area contributed by atoms with Crippen molar-refractivity contribution in [3.63, 3.8) is 0 Å². The Morgan fingerprint density at radius 3 is 0.714 bits per heavy atom. The highest BCUT2D eigenvalue weighted by Crippen LogP contribution is 2.56. The molecule has 0 aromatic heterocycles. The smallest absolute Gasteiger partial charge is 0.191 e. The van der Waals surface area contributed by atoms with Gasteiger partial charge in [0.15, 0.2) is 0 Å². The highest BCUT2D eigenvalue weighted by atomic mass is 79.9. The topological polar surface area (TPSA) is 0 Å². The minimum atomic E-state index is -6.23. The van der Waals surface area contributed by atoms with E-state index in [1.54, 1.807) is 0 Å². The van der Waals surface area contributed by atoms with Gasteiger partial charge in [-0.05, 0) is 31.9 Å². The molecule has 0 aromatic carbocycles. The number of hydrogen-bond acceptors (Lipinski definition) is 0. The Labute approximate surface area is 88.9 Å². The van der Waals surface area contributed by atoms with Gasteiger partial charge < -0.3 is 0 Å². The highest BCUT2D eigenvalue weighted by molar-refractivity contribution is 9.10. The summed E-state index contributed by atoms with van der Waals surface area (Å²) in [6.07, 6.45) is 0. The van der Waals surface area contributed by atoms with E-state index in [0.717, 1.165) is 31.9 Å². The Bertz CT molecular complexity index is 188. The van der Waals surface area contributed by atoms with E-state index in [-0.39, 0.29) is 0 Å². The predicted molar refractivity (Wildman–Crippen MR) is 37.6 cm³/mol. The standard InChI is InChI=1S/C4Br2F8/c5-3(11,12)1(7,8)2(9,10)4(6,13)14. The summed E-state index contributed by atoms with van der Waals surface area (Å²) in [5, 5.41) is 0. The summed E-state index contributed by atoms with van der Waals surface area (Å²) in [5.41, 5.74) is 0. The van der Waals surface area contributed by atoms with Crippen LogP contribution in [0.15, 0.2) is 0 Å². The van der Waals surface area contributed by atoms with Crippen molar-refractivity contribution in [3.8, 4) is 0 Å². The lowest BCUT2D eigenvalue weighted by Crippen LogP contribution is -2.58. The largest absolute Gasteiger partial charge is 0.389 e. The molecule has 0 atom stereocenters. The van der Waals surface area contributed by atoms with Crippen molar-refractivity contribution in [2.24, 2.45) is 0 Å². The molecule has 0 spiro atoms. The first-order valence-electron chi connectivity index (χ1n) is 2.64. The molecule has 10 heteroatoms. The van der Waals surface area contributed by atoms with Crippen LogP contribution >= 0.6 is 31.9 Å². The van der Waals surface area contributed by atoms with E-state index in [0.29, 0.717) is 0 Å². The van der Waals surface area contributed by atoms with Gasteiger partial charge in [-0.25, -0.2) is 0 Å². The predicted octanol–water partition coefficient (Wildman–Crippen LogP) is 4.23. The third-order valence-corrected chi connectivity index (χ3v) is 2.10. The van der Waals surface area contributed by atoms with Crippen LogP contribution in [-0.4, -0.2) is 21.5 Å². The summed E-state index contributed by atoms with van der Waals surface area (Å²) in [7, 11) is 0. The van der Waals surface area contributed by atoms with Gasteiger partial charge in [0.1, 0.15) is 0 Å². The molecular formula is C4Br2F8. The normalized spacial score (nSPS) is 15.9. The molecule has 14 heavy (non-hydrogen) atoms.